The van der Waals surface area contributed by atoms with E-state index >= 15 is 0 Å². The Kier molecular flexibility index (Phi) is 18.2. The van der Waals surface area contributed by atoms with E-state index in [2.05, 4.69) is 0 Å². The molecular weight excluding hydrogens is 916 g/mol. The smallest absolute Gasteiger partial charge is 0.331 e. The van der Waals surface area contributed by atoms with Crippen molar-refractivity contribution >= 4 is 54.0 Å². The Morgan fingerprint density at radius 3 is 1.65 bits per heavy atom. The van der Waals surface area contributed by atoms with Gasteiger partial charge in [-0.15, -0.1) is 0 Å². The van der Waals surface area contributed by atoms with Crippen molar-refractivity contribution in [3.8, 4) is 28.7 Å². The first-order chi connectivity index (χ1) is 32.8. The van der Waals surface area contributed by atoms with Gasteiger partial charge in [-0.25, -0.2) is 14.4 Å². The predicted octanol–water partition coefficient (Wildman–Crippen LogP) is 2.24. The molecule has 9 atom stereocenters. The number of benzene rings is 3. The Morgan fingerprint density at radius 2 is 1.10 bits per heavy atom. The highest BCUT2D eigenvalue weighted by Gasteiger charge is 2.63. The number of aliphatic hydroxyl groups is 2. The molecule has 69 heavy (non-hydrogen) atoms. The van der Waals surface area contributed by atoms with E-state index in [1.54, 1.807) is 0 Å². The largest absolute Gasteiger partial charge is 0.508 e. The van der Waals surface area contributed by atoms with Crippen LogP contribution in [0.2, 0.25) is 0 Å². The first-order valence-corrected chi connectivity index (χ1v) is 20.8. The lowest BCUT2D eigenvalue weighted by atomic mass is 9.98. The minimum Gasteiger partial charge on any atom is -0.508 e. The van der Waals surface area contributed by atoms with Gasteiger partial charge in [-0.05, 0) is 71.3 Å². The van der Waals surface area contributed by atoms with E-state index < -0.39 is 110 Å². The van der Waals surface area contributed by atoms with Crippen LogP contribution in [-0.2, 0) is 71.4 Å². The first-order valence-electron chi connectivity index (χ1n) is 20.8. The number of esters is 6. The van der Waals surface area contributed by atoms with Crippen molar-refractivity contribution in [3.05, 3.63) is 95.6 Å². The van der Waals surface area contributed by atoms with E-state index in [-0.39, 0.29) is 28.7 Å². The van der Waals surface area contributed by atoms with Crippen LogP contribution >= 0.6 is 0 Å². The molecule has 9 unspecified atom stereocenters. The molecular formula is C47H50O22. The monoisotopic (exact) mass is 966 g/mol. The van der Waals surface area contributed by atoms with Gasteiger partial charge < -0.3 is 77.6 Å². The zero-order chi connectivity index (χ0) is 50.4. The summed E-state index contributed by atoms with van der Waals surface area (Å²) in [6, 6.07) is 14.0. The molecule has 3 aromatic carbocycles. The molecule has 2 aliphatic heterocycles. The van der Waals surface area contributed by atoms with E-state index in [4.69, 9.17) is 52.1 Å². The molecule has 22 nitrogen and oxygen atoms in total. The zero-order valence-corrected chi connectivity index (χ0v) is 37.7. The van der Waals surface area contributed by atoms with Crippen LogP contribution in [0.3, 0.4) is 0 Å². The van der Waals surface area contributed by atoms with Crippen LogP contribution in [0.4, 0.5) is 0 Å². The highest BCUT2D eigenvalue weighted by atomic mass is 16.8. The van der Waals surface area contributed by atoms with Crippen molar-refractivity contribution in [2.24, 2.45) is 0 Å². The maximum atomic E-state index is 13.7. The topological polar surface area (TPSA) is 305 Å². The van der Waals surface area contributed by atoms with Crippen LogP contribution in [0.5, 0.6) is 28.7 Å². The van der Waals surface area contributed by atoms with E-state index in [1.165, 1.54) is 93.1 Å². The van der Waals surface area contributed by atoms with Crippen molar-refractivity contribution in [1.82, 2.24) is 0 Å². The zero-order valence-electron chi connectivity index (χ0n) is 37.7. The number of hydrogen-bond donors (Lipinski definition) is 5. The summed E-state index contributed by atoms with van der Waals surface area (Å²) in [5.41, 5.74) is 1.20. The normalized spacial score (nSPS) is 24.4. The number of carbonyl (C=O) groups excluding carboxylic acids is 6. The fourth-order valence-electron chi connectivity index (χ4n) is 6.83. The van der Waals surface area contributed by atoms with Crippen molar-refractivity contribution in [2.75, 3.05) is 34.0 Å². The van der Waals surface area contributed by atoms with Gasteiger partial charge in [-0.3, -0.25) is 14.4 Å². The molecule has 370 valence electrons. The molecule has 5 N–H and O–H groups in total. The number of aromatic hydroxyl groups is 3. The summed E-state index contributed by atoms with van der Waals surface area (Å²) in [6.07, 6.45) is -8.28. The third-order valence-electron chi connectivity index (χ3n) is 10.0. The van der Waals surface area contributed by atoms with E-state index in [9.17, 15) is 54.3 Å². The summed E-state index contributed by atoms with van der Waals surface area (Å²) in [6.45, 7) is 0.440. The Balaban J connectivity index is 1.55. The van der Waals surface area contributed by atoms with Gasteiger partial charge in [0.05, 0.1) is 14.2 Å². The average molecular weight is 967 g/mol. The molecule has 2 heterocycles. The van der Waals surface area contributed by atoms with Gasteiger partial charge >= 0.3 is 35.8 Å². The van der Waals surface area contributed by atoms with Gasteiger partial charge in [0, 0.05) is 39.0 Å². The fourth-order valence-corrected chi connectivity index (χ4v) is 6.83. The van der Waals surface area contributed by atoms with Crippen LogP contribution in [-0.4, -0.2) is 150 Å². The molecule has 0 aromatic heterocycles. The minimum atomic E-state index is -2.74. The highest BCUT2D eigenvalue weighted by Crippen LogP contribution is 2.40. The summed E-state index contributed by atoms with van der Waals surface area (Å²) in [7, 11) is 2.64. The molecule has 0 aliphatic carbocycles. The molecule has 22 heteroatoms. The van der Waals surface area contributed by atoms with Crippen LogP contribution in [0, 0.1) is 0 Å². The Morgan fingerprint density at radius 1 is 0.594 bits per heavy atom. The number of hydrogen-bond acceptors (Lipinski definition) is 22. The van der Waals surface area contributed by atoms with E-state index in [0.717, 1.165) is 39.0 Å². The van der Waals surface area contributed by atoms with E-state index in [1.807, 2.05) is 0 Å². The van der Waals surface area contributed by atoms with Gasteiger partial charge in [-0.1, -0.05) is 24.3 Å². The SMILES string of the molecule is COc1cc(C=CC(=O)OCC2OC(COC(=O)C=Cc3ccc(O)cc3)(OC3OC(COC(C)=O)C(OC(C)=O)C(O)C3OC(C)=O)C(OC(=O)C=Cc3ccc(O)c(OC)c3)C2O)ccc1O. The van der Waals surface area contributed by atoms with Gasteiger partial charge in [0.15, 0.2) is 41.3 Å². The molecule has 0 bridgehead atoms. The molecule has 3 aromatic rings. The average Bonchev–Trinajstić information content (AvgIpc) is 3.56. The number of methoxy groups -OCH3 is 2. The highest BCUT2D eigenvalue weighted by molar-refractivity contribution is 5.88. The molecule has 0 saturated carbocycles. The maximum Gasteiger partial charge on any atom is 0.331 e. The summed E-state index contributed by atoms with van der Waals surface area (Å²) in [5.74, 6) is -8.98. The fraction of sp³-hybridized carbons (Fsp3) is 0.362. The summed E-state index contributed by atoms with van der Waals surface area (Å²) < 4.78 is 61.3. The summed E-state index contributed by atoms with van der Waals surface area (Å²) in [5, 5.41) is 53.2. The minimum absolute atomic E-state index is 0.0466. The van der Waals surface area contributed by atoms with Gasteiger partial charge in [0.2, 0.25) is 12.1 Å². The van der Waals surface area contributed by atoms with Crippen molar-refractivity contribution in [1.29, 1.82) is 0 Å². The molecule has 0 amide bonds. The van der Waals surface area contributed by atoms with Crippen LogP contribution in [0.15, 0.2) is 78.9 Å². The number of ether oxygens (including phenoxy) is 11. The third-order valence-corrected chi connectivity index (χ3v) is 10.0. The molecule has 2 fully saturated rings. The molecule has 2 saturated heterocycles. The second-order valence-corrected chi connectivity index (χ2v) is 15.1. The third kappa shape index (κ3) is 14.5. The van der Waals surface area contributed by atoms with Crippen molar-refractivity contribution in [2.45, 2.75) is 75.6 Å². The number of phenols is 3. The standard InChI is InChI=1S/C47H50O22/c1-25(48)61-23-37-43(64-26(2)49)42(58)44(65-27(3)50)46(66-37)69-47(24-63-39(55)17-10-28-6-13-31(51)14-7-28)45(67-40(56)19-12-30-9-16-33(53)35(21-30)60-5)41(57)36(68-47)22-62-38(54)18-11-29-8-15-32(52)34(20-29)59-4/h6-21,36-37,41-46,51-53,57-58H,22-24H2,1-5H3. The Labute approximate surface area is 393 Å². The van der Waals surface area contributed by atoms with Gasteiger partial charge in [-0.2, -0.15) is 0 Å². The van der Waals surface area contributed by atoms with Gasteiger partial charge in [0.1, 0.15) is 50.0 Å². The van der Waals surface area contributed by atoms with Crippen molar-refractivity contribution in [3.63, 3.8) is 0 Å². The Hall–Kier alpha value is -7.50. The summed E-state index contributed by atoms with van der Waals surface area (Å²) in [4.78, 5) is 76.7. The number of phenolic OH excluding ortho intramolecular Hbond substituents is 3. The van der Waals surface area contributed by atoms with E-state index in [0.29, 0.717) is 16.7 Å². The number of rotatable bonds is 19. The lowest BCUT2D eigenvalue weighted by Gasteiger charge is -2.45. The Bertz CT molecular complexity index is 2410. The second kappa shape index (κ2) is 24.0. The van der Waals surface area contributed by atoms with Crippen molar-refractivity contribution < 1.29 is 106 Å². The quantitative estimate of drug-likeness (QED) is 0.0654. The van der Waals surface area contributed by atoms with Crippen LogP contribution in [0.1, 0.15) is 37.5 Å². The van der Waals surface area contributed by atoms with Crippen LogP contribution < -0.4 is 9.47 Å². The number of aliphatic hydroxyl groups excluding tert-OH is 2. The maximum absolute atomic E-state index is 13.7. The lowest BCUT2D eigenvalue weighted by Crippen LogP contribution is -2.65. The van der Waals surface area contributed by atoms with Gasteiger partial charge in [0.25, 0.3) is 0 Å². The predicted molar refractivity (Wildman–Crippen MR) is 233 cm³/mol. The second-order valence-electron chi connectivity index (χ2n) is 15.1. The summed E-state index contributed by atoms with van der Waals surface area (Å²) >= 11 is 0. The molecule has 2 aliphatic rings. The lowest BCUT2D eigenvalue weighted by molar-refractivity contribution is -0.384. The molecule has 5 rings (SSSR count). The van der Waals surface area contributed by atoms with Crippen LogP contribution in [0.25, 0.3) is 18.2 Å². The molecule has 0 spiro atoms. The first kappa shape index (κ1) is 52.5. The molecule has 0 radical (unpaired) electrons. The number of carbonyl (C=O) groups is 6.